The maximum atomic E-state index is 2.65. The maximum absolute atomic E-state index is 2.65. The highest BCUT2D eigenvalue weighted by molar-refractivity contribution is 6.07. The number of rotatable bonds is 6. The van der Waals surface area contributed by atoms with Gasteiger partial charge < -0.3 is 0 Å². The van der Waals surface area contributed by atoms with Crippen molar-refractivity contribution in [1.29, 1.82) is 0 Å². The van der Waals surface area contributed by atoms with E-state index in [1.54, 1.807) is 0 Å². The molecule has 0 heteroatoms. The van der Waals surface area contributed by atoms with Crippen LogP contribution in [0.15, 0.2) is 291 Å². The zero-order valence-corrected chi connectivity index (χ0v) is 56.2. The van der Waals surface area contributed by atoms with E-state index in [9.17, 15) is 0 Å². The van der Waals surface area contributed by atoms with E-state index in [4.69, 9.17) is 0 Å². The van der Waals surface area contributed by atoms with Crippen LogP contribution in [0.5, 0.6) is 0 Å². The lowest BCUT2D eigenvalue weighted by Crippen LogP contribution is -2.26. The van der Waals surface area contributed by atoms with Crippen molar-refractivity contribution in [1.82, 2.24) is 0 Å². The molecule has 6 aliphatic rings. The number of hydrogen-bond acceptors (Lipinski definition) is 0. The first-order valence-electron chi connectivity index (χ1n) is 34.9. The van der Waals surface area contributed by atoms with E-state index in [0.717, 1.165) is 0 Å². The van der Waals surface area contributed by atoms with Crippen molar-refractivity contribution in [2.24, 2.45) is 0 Å². The van der Waals surface area contributed by atoms with Crippen molar-refractivity contribution in [2.45, 2.75) is 82.5 Å². The Kier molecular flexibility index (Phi) is 11.4. The Balaban J connectivity index is 0.915. The van der Waals surface area contributed by atoms with Gasteiger partial charge in [-0.3, -0.25) is 0 Å². The first kappa shape index (κ1) is 56.4. The van der Waals surface area contributed by atoms with Gasteiger partial charge in [0.25, 0.3) is 0 Å². The fraction of sp³-hybridized carbons (Fsp3) is 0.134. The topological polar surface area (TPSA) is 0 Å². The molecular weight excluding hydrogens is 1170 g/mol. The first-order chi connectivity index (χ1) is 47.1. The Hall–Kier alpha value is -10.9. The average Bonchev–Trinajstić information content (AvgIpc) is 1.49. The normalized spacial score (nSPS) is 15.8. The highest BCUT2D eigenvalue weighted by atomic mass is 14.6. The standard InChI is InChI=1S/C97H72/c1-93(2)79-31-19-15-27-67(79)71-41-35-59(49-83(71)93)61-39-45-75-87(53-61)97(89-55-65(47-77(91(75)89)57-23-11-9-12-24-57)63-37-43-73-69-29-17-21-33-81(69)95(5,6)85(73)51-63)88-54-62(60-36-42-72-68-28-16-20-32-80(68)94(3,4)84(72)50-60)40-46-76(88)92-78(58-25-13-10-14-26-58)48-66(56-90(92)97)64-38-44-74-70-30-18-22-34-82(70)96(7,8)86(74)52-64/h9-56H,1-8H3. The van der Waals surface area contributed by atoms with Crippen molar-refractivity contribution in [3.05, 3.63) is 358 Å². The van der Waals surface area contributed by atoms with Crippen molar-refractivity contribution >= 4 is 0 Å². The van der Waals surface area contributed by atoms with Crippen molar-refractivity contribution in [3.63, 3.8) is 0 Å². The summed E-state index contributed by atoms with van der Waals surface area (Å²) < 4.78 is 0. The largest absolute Gasteiger partial charge is 0.0726 e. The van der Waals surface area contributed by atoms with Crippen LogP contribution in [-0.2, 0) is 27.1 Å². The predicted molar refractivity (Wildman–Crippen MR) is 406 cm³/mol. The average molecular weight is 1240 g/mol. The van der Waals surface area contributed by atoms with Gasteiger partial charge in [0.1, 0.15) is 0 Å². The van der Waals surface area contributed by atoms with Gasteiger partial charge in [-0.25, -0.2) is 0 Å². The summed E-state index contributed by atoms with van der Waals surface area (Å²) in [6, 6.07) is 114. The quantitative estimate of drug-likeness (QED) is 0.156. The van der Waals surface area contributed by atoms with Crippen molar-refractivity contribution in [3.8, 4) is 134 Å². The second-order valence-electron chi connectivity index (χ2n) is 30.6. The molecule has 0 aromatic heterocycles. The van der Waals surface area contributed by atoms with E-state index in [2.05, 4.69) is 347 Å². The zero-order valence-electron chi connectivity index (χ0n) is 56.2. The molecule has 0 radical (unpaired) electrons. The molecule has 0 unspecified atom stereocenters. The van der Waals surface area contributed by atoms with Crippen molar-refractivity contribution in [2.75, 3.05) is 0 Å². The Bertz CT molecular complexity index is 5440. The molecule has 0 atom stereocenters. The van der Waals surface area contributed by atoms with E-state index in [1.165, 1.54) is 200 Å². The van der Waals surface area contributed by atoms with Crippen LogP contribution >= 0.6 is 0 Å². The fourth-order valence-corrected chi connectivity index (χ4v) is 19.4. The molecule has 14 aromatic carbocycles. The molecule has 0 saturated carbocycles. The van der Waals surface area contributed by atoms with Crippen LogP contribution in [0.25, 0.3) is 134 Å². The third-order valence-electron chi connectivity index (χ3n) is 24.3. The third-order valence-corrected chi connectivity index (χ3v) is 24.3. The second-order valence-corrected chi connectivity index (χ2v) is 30.6. The molecule has 0 bridgehead atoms. The van der Waals surface area contributed by atoms with Gasteiger partial charge in [-0.2, -0.15) is 0 Å². The molecule has 0 amide bonds. The lowest BCUT2D eigenvalue weighted by Gasteiger charge is -2.32. The maximum Gasteiger partial charge on any atom is 0.0726 e. The van der Waals surface area contributed by atoms with Gasteiger partial charge in [-0.1, -0.05) is 286 Å². The summed E-state index contributed by atoms with van der Waals surface area (Å²) in [7, 11) is 0. The van der Waals surface area contributed by atoms with Crippen LogP contribution in [0, 0.1) is 0 Å². The van der Waals surface area contributed by atoms with E-state index in [-0.39, 0.29) is 21.7 Å². The first-order valence-corrected chi connectivity index (χ1v) is 34.9. The molecule has 0 fully saturated rings. The Morgan fingerprint density at radius 2 is 0.371 bits per heavy atom. The third kappa shape index (κ3) is 7.54. The summed E-state index contributed by atoms with van der Waals surface area (Å²) in [5, 5.41) is 0. The minimum atomic E-state index is -0.836. The molecular formula is C97H72. The van der Waals surface area contributed by atoms with E-state index >= 15 is 0 Å². The van der Waals surface area contributed by atoms with Crippen molar-refractivity contribution < 1.29 is 0 Å². The van der Waals surface area contributed by atoms with Crippen LogP contribution in [0.3, 0.4) is 0 Å². The summed E-state index contributed by atoms with van der Waals surface area (Å²) in [4.78, 5) is 0. The number of fused-ring (bicyclic) bond motifs is 22. The molecule has 20 rings (SSSR count). The summed E-state index contributed by atoms with van der Waals surface area (Å²) in [5.41, 5.74) is 45.2. The van der Waals surface area contributed by atoms with Gasteiger partial charge in [0.2, 0.25) is 0 Å². The lowest BCUT2D eigenvalue weighted by molar-refractivity contribution is 0.660. The Morgan fingerprint density at radius 3 is 0.670 bits per heavy atom. The highest BCUT2D eigenvalue weighted by Gasteiger charge is 2.54. The SMILES string of the molecule is CC1(C)c2ccccc2-c2ccc(-c3ccc4c(c3)C3(c5cc(-c6ccc7c(c6)C(C)(C)c6ccccc6-7)ccc5-c5c(-c6ccccc6)cc(-c6ccc7c(c6)C(C)(C)c6ccccc6-7)cc53)c3cc(-c5ccc6c(c5)C(C)(C)c5ccccc5-6)cc(-c5ccccc5)c3-4)cc21. The van der Waals surface area contributed by atoms with Crippen LogP contribution in [0.4, 0.5) is 0 Å². The van der Waals surface area contributed by atoms with Gasteiger partial charge in [0.15, 0.2) is 0 Å². The monoisotopic (exact) mass is 1240 g/mol. The van der Waals surface area contributed by atoms with Gasteiger partial charge in [-0.05, 0) is 261 Å². The van der Waals surface area contributed by atoms with E-state index in [1.807, 2.05) is 0 Å². The van der Waals surface area contributed by atoms with Gasteiger partial charge >= 0.3 is 0 Å². The second kappa shape index (κ2) is 19.6. The minimum Gasteiger partial charge on any atom is -0.0622 e. The molecule has 0 aliphatic heterocycles. The summed E-state index contributed by atoms with van der Waals surface area (Å²) in [5.74, 6) is 0. The molecule has 0 N–H and O–H groups in total. The zero-order chi connectivity index (χ0) is 65.2. The number of benzene rings is 14. The predicted octanol–water partition coefficient (Wildman–Crippen LogP) is 25.3. The molecule has 0 heterocycles. The van der Waals surface area contributed by atoms with Crippen LogP contribution in [0.1, 0.15) is 122 Å². The lowest BCUT2D eigenvalue weighted by atomic mass is 9.68. The Labute approximate surface area is 570 Å². The van der Waals surface area contributed by atoms with Gasteiger partial charge in [-0.15, -0.1) is 0 Å². The van der Waals surface area contributed by atoms with E-state index < -0.39 is 5.41 Å². The summed E-state index contributed by atoms with van der Waals surface area (Å²) >= 11 is 0. The molecule has 460 valence electrons. The summed E-state index contributed by atoms with van der Waals surface area (Å²) in [6.07, 6.45) is 0. The minimum absolute atomic E-state index is 0.165. The van der Waals surface area contributed by atoms with Crippen LogP contribution in [-0.4, -0.2) is 0 Å². The summed E-state index contributed by atoms with van der Waals surface area (Å²) in [6.45, 7) is 19.3. The molecule has 97 heavy (non-hydrogen) atoms. The number of hydrogen-bond donors (Lipinski definition) is 0. The van der Waals surface area contributed by atoms with Crippen LogP contribution in [0.2, 0.25) is 0 Å². The van der Waals surface area contributed by atoms with Crippen LogP contribution < -0.4 is 0 Å². The molecule has 0 saturated heterocycles. The van der Waals surface area contributed by atoms with E-state index in [0.29, 0.717) is 0 Å². The molecule has 14 aromatic rings. The Morgan fingerprint density at radius 1 is 0.144 bits per heavy atom. The highest BCUT2D eigenvalue weighted by Crippen LogP contribution is 2.68. The fourth-order valence-electron chi connectivity index (χ4n) is 19.4. The van der Waals surface area contributed by atoms with Gasteiger partial charge in [0.05, 0.1) is 5.41 Å². The molecule has 0 nitrogen and oxygen atoms in total. The molecule has 6 aliphatic carbocycles. The molecule has 1 spiro atoms. The van der Waals surface area contributed by atoms with Gasteiger partial charge in [0, 0.05) is 21.7 Å². The smallest absolute Gasteiger partial charge is 0.0622 e.